The van der Waals surface area contributed by atoms with Crippen LogP contribution in [0, 0.1) is 0 Å². The van der Waals surface area contributed by atoms with Crippen LogP contribution in [-0.2, 0) is 15.6 Å². The molecule has 0 amide bonds. The second kappa shape index (κ2) is 3.71. The van der Waals surface area contributed by atoms with E-state index >= 15 is 0 Å². The van der Waals surface area contributed by atoms with E-state index < -0.39 is 9.84 Å². The molecule has 3 rings (SSSR count). The molecule has 0 aliphatic heterocycles. The van der Waals surface area contributed by atoms with Crippen LogP contribution in [0.3, 0.4) is 0 Å². The number of hydrogen-bond acceptors (Lipinski definition) is 4. The Kier molecular flexibility index (Phi) is 2.38. The molecule has 0 spiro atoms. The molecule has 2 N–H and O–H groups in total. The summed E-state index contributed by atoms with van der Waals surface area (Å²) in [5.41, 5.74) is 8.22. The first-order chi connectivity index (χ1) is 8.44. The quantitative estimate of drug-likeness (QED) is 0.853. The summed E-state index contributed by atoms with van der Waals surface area (Å²) in [6.07, 6.45) is 3.39. The van der Waals surface area contributed by atoms with Gasteiger partial charge in [0.2, 0.25) is 0 Å². The van der Waals surface area contributed by atoms with E-state index in [1.165, 1.54) is 6.26 Å². The fraction of sp³-hybridized carbons (Fsp3) is 0.417. The highest BCUT2D eigenvalue weighted by molar-refractivity contribution is 7.89. The Morgan fingerprint density at radius 1 is 1.44 bits per heavy atom. The molecule has 0 saturated heterocycles. The maximum atomic E-state index is 11.5. The van der Waals surface area contributed by atoms with Crippen LogP contribution in [0.2, 0.25) is 0 Å². The summed E-state index contributed by atoms with van der Waals surface area (Å²) in [6, 6.07) is 5.88. The van der Waals surface area contributed by atoms with Gasteiger partial charge >= 0.3 is 0 Å². The van der Waals surface area contributed by atoms with Gasteiger partial charge in [-0.05, 0) is 31.0 Å². The van der Waals surface area contributed by atoms with Crippen LogP contribution in [0.25, 0.3) is 11.0 Å². The van der Waals surface area contributed by atoms with Crippen molar-refractivity contribution in [2.24, 2.45) is 0 Å². The van der Waals surface area contributed by atoms with E-state index in [0.29, 0.717) is 17.6 Å². The summed E-state index contributed by atoms with van der Waals surface area (Å²) in [7, 11) is -3.08. The molecule has 18 heavy (non-hydrogen) atoms. The predicted octanol–water partition coefficient (Wildman–Crippen LogP) is 1.50. The first-order valence-electron chi connectivity index (χ1n) is 5.88. The SMILES string of the molecule is CS(=O)(=O)Cc1nc2ccc(N)cc2n1C1CC1. The zero-order valence-electron chi connectivity index (χ0n) is 10.1. The number of aromatic nitrogens is 2. The lowest BCUT2D eigenvalue weighted by molar-refractivity contribution is 0.597. The van der Waals surface area contributed by atoms with E-state index in [4.69, 9.17) is 5.73 Å². The molecule has 1 aliphatic carbocycles. The molecule has 1 heterocycles. The van der Waals surface area contributed by atoms with Crippen molar-refractivity contribution < 1.29 is 8.42 Å². The van der Waals surface area contributed by atoms with Crippen molar-refractivity contribution in [1.29, 1.82) is 0 Å². The lowest BCUT2D eigenvalue weighted by Crippen LogP contribution is -2.08. The van der Waals surface area contributed by atoms with Crippen molar-refractivity contribution in [3.63, 3.8) is 0 Å². The topological polar surface area (TPSA) is 78.0 Å². The van der Waals surface area contributed by atoms with Crippen LogP contribution in [-0.4, -0.2) is 24.2 Å². The first-order valence-corrected chi connectivity index (χ1v) is 7.94. The maximum absolute atomic E-state index is 11.5. The van der Waals surface area contributed by atoms with E-state index in [9.17, 15) is 8.42 Å². The van der Waals surface area contributed by atoms with Crippen molar-refractivity contribution >= 4 is 26.6 Å². The summed E-state index contributed by atoms with van der Waals surface area (Å²) in [5.74, 6) is 0.610. The molecule has 0 radical (unpaired) electrons. The number of rotatable bonds is 3. The number of anilines is 1. The van der Waals surface area contributed by atoms with Crippen LogP contribution in [0.15, 0.2) is 18.2 Å². The molecular weight excluding hydrogens is 250 g/mol. The molecule has 0 bridgehead atoms. The molecule has 1 aromatic carbocycles. The number of fused-ring (bicyclic) bond motifs is 1. The highest BCUT2D eigenvalue weighted by atomic mass is 32.2. The van der Waals surface area contributed by atoms with E-state index in [1.54, 1.807) is 6.07 Å². The molecule has 1 saturated carbocycles. The largest absolute Gasteiger partial charge is 0.399 e. The fourth-order valence-corrected chi connectivity index (χ4v) is 2.91. The summed E-state index contributed by atoms with van der Waals surface area (Å²) < 4.78 is 25.0. The van der Waals surface area contributed by atoms with Crippen molar-refractivity contribution in [2.45, 2.75) is 24.6 Å². The highest BCUT2D eigenvalue weighted by Crippen LogP contribution is 2.39. The van der Waals surface area contributed by atoms with Crippen LogP contribution < -0.4 is 5.73 Å². The summed E-state index contributed by atoms with van der Waals surface area (Å²) in [4.78, 5) is 4.43. The van der Waals surface area contributed by atoms with Crippen molar-refractivity contribution in [2.75, 3.05) is 12.0 Å². The van der Waals surface area contributed by atoms with Crippen LogP contribution in [0.1, 0.15) is 24.7 Å². The van der Waals surface area contributed by atoms with Crippen molar-refractivity contribution in [3.05, 3.63) is 24.0 Å². The molecule has 96 valence electrons. The van der Waals surface area contributed by atoms with E-state index in [2.05, 4.69) is 4.98 Å². The minimum absolute atomic E-state index is 0.0158. The third-order valence-corrected chi connectivity index (χ3v) is 3.87. The summed E-state index contributed by atoms with van der Waals surface area (Å²) in [5, 5.41) is 0. The number of hydrogen-bond donors (Lipinski definition) is 1. The average Bonchev–Trinajstić information content (AvgIpc) is 3.00. The van der Waals surface area contributed by atoms with Gasteiger partial charge in [-0.1, -0.05) is 0 Å². The minimum atomic E-state index is -3.08. The molecule has 0 atom stereocenters. The number of nitrogens with zero attached hydrogens (tertiary/aromatic N) is 2. The Labute approximate surface area is 106 Å². The number of benzene rings is 1. The summed E-state index contributed by atoms with van der Waals surface area (Å²) >= 11 is 0. The monoisotopic (exact) mass is 265 g/mol. The number of nitrogens with two attached hydrogens (primary N) is 1. The van der Waals surface area contributed by atoms with Crippen LogP contribution >= 0.6 is 0 Å². The zero-order valence-corrected chi connectivity index (χ0v) is 10.9. The Balaban J connectivity index is 2.21. The van der Waals surface area contributed by atoms with E-state index in [0.717, 1.165) is 23.9 Å². The van der Waals surface area contributed by atoms with Crippen LogP contribution in [0.4, 0.5) is 5.69 Å². The third-order valence-electron chi connectivity index (χ3n) is 3.09. The van der Waals surface area contributed by atoms with Crippen molar-refractivity contribution in [3.8, 4) is 0 Å². The molecule has 1 aliphatic rings. The standard InChI is InChI=1S/C12H15N3O2S/c1-18(16,17)7-12-14-10-5-2-8(13)6-11(10)15(12)9-3-4-9/h2,5-6,9H,3-4,7,13H2,1H3. The van der Waals surface area contributed by atoms with Gasteiger partial charge in [-0.15, -0.1) is 0 Å². The smallest absolute Gasteiger partial charge is 0.154 e. The van der Waals surface area contributed by atoms with Gasteiger partial charge in [0.25, 0.3) is 0 Å². The normalized spacial score (nSPS) is 16.3. The van der Waals surface area contributed by atoms with Gasteiger partial charge in [-0.25, -0.2) is 13.4 Å². The molecule has 0 unspecified atom stereocenters. The number of nitrogen functional groups attached to an aromatic ring is 1. The Morgan fingerprint density at radius 3 is 2.78 bits per heavy atom. The molecule has 5 nitrogen and oxygen atoms in total. The Hall–Kier alpha value is -1.56. The number of imidazole rings is 1. The Bertz CT molecular complexity index is 714. The summed E-state index contributed by atoms with van der Waals surface area (Å²) in [6.45, 7) is 0. The maximum Gasteiger partial charge on any atom is 0.154 e. The van der Waals surface area contributed by atoms with Gasteiger partial charge in [0, 0.05) is 18.0 Å². The van der Waals surface area contributed by atoms with Crippen molar-refractivity contribution in [1.82, 2.24) is 9.55 Å². The van der Waals surface area contributed by atoms with Gasteiger partial charge < -0.3 is 10.3 Å². The van der Waals surface area contributed by atoms with E-state index in [-0.39, 0.29) is 5.75 Å². The fourth-order valence-electron chi connectivity index (χ4n) is 2.24. The highest BCUT2D eigenvalue weighted by Gasteiger charge is 2.29. The Morgan fingerprint density at radius 2 is 2.17 bits per heavy atom. The average molecular weight is 265 g/mol. The third kappa shape index (κ3) is 2.08. The molecule has 1 aromatic heterocycles. The van der Waals surface area contributed by atoms with Gasteiger partial charge in [-0.2, -0.15) is 0 Å². The molecule has 1 fully saturated rings. The number of sulfone groups is 1. The lowest BCUT2D eigenvalue weighted by Gasteiger charge is -2.06. The minimum Gasteiger partial charge on any atom is -0.399 e. The molecular formula is C12H15N3O2S. The van der Waals surface area contributed by atoms with Gasteiger partial charge in [0.15, 0.2) is 9.84 Å². The lowest BCUT2D eigenvalue weighted by atomic mass is 10.3. The zero-order chi connectivity index (χ0) is 12.9. The molecule has 2 aromatic rings. The second-order valence-corrected chi connectivity index (χ2v) is 7.09. The van der Waals surface area contributed by atoms with Gasteiger partial charge in [0.05, 0.1) is 11.0 Å². The van der Waals surface area contributed by atoms with Gasteiger partial charge in [0.1, 0.15) is 11.6 Å². The van der Waals surface area contributed by atoms with Gasteiger partial charge in [-0.3, -0.25) is 0 Å². The first kappa shape index (κ1) is 11.5. The molecule has 6 heteroatoms. The van der Waals surface area contributed by atoms with Crippen LogP contribution in [0.5, 0.6) is 0 Å². The second-order valence-electron chi connectivity index (χ2n) is 4.95. The van der Waals surface area contributed by atoms with E-state index in [1.807, 2.05) is 16.7 Å². The predicted molar refractivity (Wildman–Crippen MR) is 71.0 cm³/mol.